The number of nitrogens with two attached hydrogens (primary N) is 1. The molecule has 5 heteroatoms. The molecule has 0 aliphatic carbocycles. The molecule has 0 bridgehead atoms. The molecule has 5 nitrogen and oxygen atoms in total. The maximum atomic E-state index is 5.86. The van der Waals surface area contributed by atoms with Gasteiger partial charge in [0, 0.05) is 6.54 Å². The smallest absolute Gasteiger partial charge is 0.188 e. The van der Waals surface area contributed by atoms with Gasteiger partial charge < -0.3 is 15.8 Å². The quantitative estimate of drug-likeness (QED) is 0.619. The predicted octanol–water partition coefficient (Wildman–Crippen LogP) is 1.76. The van der Waals surface area contributed by atoms with Crippen LogP contribution in [-0.4, -0.2) is 44.1 Å². The van der Waals surface area contributed by atoms with E-state index in [1.54, 1.807) is 7.11 Å². The van der Waals surface area contributed by atoms with Crippen molar-refractivity contribution >= 4 is 5.96 Å². The van der Waals surface area contributed by atoms with E-state index in [9.17, 15) is 0 Å². The van der Waals surface area contributed by atoms with Crippen LogP contribution in [0.3, 0.4) is 0 Å². The topological polar surface area (TPSA) is 62.9 Å². The molecule has 1 atom stereocenters. The number of benzene rings is 1. The third-order valence-electron chi connectivity index (χ3n) is 3.85. The van der Waals surface area contributed by atoms with E-state index in [4.69, 9.17) is 10.5 Å². The largest absolute Gasteiger partial charge is 0.497 e. The number of aliphatic imine (C=N–C) groups is 1. The van der Waals surface area contributed by atoms with Gasteiger partial charge in [-0.1, -0.05) is 12.1 Å². The molecule has 1 unspecified atom stereocenters. The summed E-state index contributed by atoms with van der Waals surface area (Å²) >= 11 is 0. The van der Waals surface area contributed by atoms with Gasteiger partial charge in [0.2, 0.25) is 0 Å². The lowest BCUT2D eigenvalue weighted by atomic mass is 10.1. The fourth-order valence-corrected chi connectivity index (χ4v) is 2.76. The molecular weight excluding hydrogens is 264 g/mol. The van der Waals surface area contributed by atoms with Crippen molar-refractivity contribution in [1.29, 1.82) is 0 Å². The van der Waals surface area contributed by atoms with E-state index < -0.39 is 0 Å². The molecule has 0 spiro atoms. The number of hydrogen-bond donors (Lipinski definition) is 2. The summed E-state index contributed by atoms with van der Waals surface area (Å²) < 4.78 is 5.34. The number of guanidine groups is 1. The number of ether oxygens (including phenoxy) is 1. The first-order valence-electron chi connectivity index (χ1n) is 7.66. The van der Waals surface area contributed by atoms with Gasteiger partial charge in [-0.15, -0.1) is 0 Å². The van der Waals surface area contributed by atoms with Crippen LogP contribution in [0.2, 0.25) is 0 Å². The van der Waals surface area contributed by atoms with Crippen LogP contribution in [0.5, 0.6) is 5.75 Å². The van der Waals surface area contributed by atoms with Crippen molar-refractivity contribution < 1.29 is 4.74 Å². The van der Waals surface area contributed by atoms with E-state index in [2.05, 4.69) is 27.3 Å². The van der Waals surface area contributed by atoms with Crippen LogP contribution in [0.1, 0.15) is 31.4 Å². The van der Waals surface area contributed by atoms with E-state index in [1.807, 2.05) is 19.1 Å². The van der Waals surface area contributed by atoms with Crippen LogP contribution in [0.4, 0.5) is 0 Å². The third-order valence-corrected chi connectivity index (χ3v) is 3.85. The van der Waals surface area contributed by atoms with Gasteiger partial charge in [0.15, 0.2) is 5.96 Å². The van der Waals surface area contributed by atoms with Crippen molar-refractivity contribution in [2.75, 3.05) is 33.3 Å². The Hall–Kier alpha value is -1.75. The zero-order chi connectivity index (χ0) is 15.1. The molecule has 1 aliphatic heterocycles. The molecule has 0 aromatic heterocycles. The lowest BCUT2D eigenvalue weighted by molar-refractivity contribution is 0.251. The third kappa shape index (κ3) is 4.36. The summed E-state index contributed by atoms with van der Waals surface area (Å²) in [6.45, 7) is 5.73. The van der Waals surface area contributed by atoms with Gasteiger partial charge >= 0.3 is 0 Å². The van der Waals surface area contributed by atoms with Crippen LogP contribution in [0.25, 0.3) is 0 Å². The van der Waals surface area contributed by atoms with Gasteiger partial charge in [0.1, 0.15) is 5.75 Å². The Kier molecular flexibility index (Phi) is 5.87. The lowest BCUT2D eigenvalue weighted by Gasteiger charge is -2.27. The Labute approximate surface area is 127 Å². The normalized spacial score (nSPS) is 17.7. The van der Waals surface area contributed by atoms with Crippen molar-refractivity contribution in [3.05, 3.63) is 29.8 Å². The molecule has 0 amide bonds. The lowest BCUT2D eigenvalue weighted by Crippen LogP contribution is -2.33. The molecule has 0 saturated carbocycles. The number of hydrogen-bond acceptors (Lipinski definition) is 3. The molecule has 1 heterocycles. The molecule has 1 aliphatic rings. The summed E-state index contributed by atoms with van der Waals surface area (Å²) in [5.41, 5.74) is 7.10. The molecule has 116 valence electrons. The van der Waals surface area contributed by atoms with Gasteiger partial charge in [-0.25, -0.2) is 0 Å². The van der Waals surface area contributed by atoms with E-state index in [-0.39, 0.29) is 6.04 Å². The average molecular weight is 290 g/mol. The highest BCUT2D eigenvalue weighted by Gasteiger charge is 2.23. The van der Waals surface area contributed by atoms with Gasteiger partial charge in [0.05, 0.1) is 19.7 Å². The van der Waals surface area contributed by atoms with E-state index in [1.165, 1.54) is 18.4 Å². The van der Waals surface area contributed by atoms with Crippen molar-refractivity contribution in [3.63, 3.8) is 0 Å². The minimum atomic E-state index is 0.264. The summed E-state index contributed by atoms with van der Waals surface area (Å²) in [7, 11) is 1.70. The van der Waals surface area contributed by atoms with E-state index in [0.29, 0.717) is 12.5 Å². The van der Waals surface area contributed by atoms with Crippen molar-refractivity contribution in [1.82, 2.24) is 10.2 Å². The molecule has 0 radical (unpaired) electrons. The highest BCUT2D eigenvalue weighted by atomic mass is 16.5. The molecule has 1 saturated heterocycles. The molecule has 1 aromatic rings. The molecule has 2 rings (SSSR count). The second-order valence-electron chi connectivity index (χ2n) is 5.29. The molecule has 21 heavy (non-hydrogen) atoms. The SMILES string of the molecule is CCNC(N)=NCC(c1cccc(OC)c1)N1CCCC1. The minimum absolute atomic E-state index is 0.264. The highest BCUT2D eigenvalue weighted by Crippen LogP contribution is 2.27. The first-order chi connectivity index (χ1) is 10.2. The van der Waals surface area contributed by atoms with Gasteiger partial charge in [-0.3, -0.25) is 9.89 Å². The van der Waals surface area contributed by atoms with E-state index in [0.717, 1.165) is 25.4 Å². The summed E-state index contributed by atoms with van der Waals surface area (Å²) in [6.07, 6.45) is 2.51. The monoisotopic (exact) mass is 290 g/mol. The van der Waals surface area contributed by atoms with Gasteiger partial charge in [0.25, 0.3) is 0 Å². The predicted molar refractivity (Wildman–Crippen MR) is 86.7 cm³/mol. The summed E-state index contributed by atoms with van der Waals surface area (Å²) in [4.78, 5) is 6.98. The first-order valence-corrected chi connectivity index (χ1v) is 7.66. The maximum absolute atomic E-state index is 5.86. The van der Waals surface area contributed by atoms with Crippen LogP contribution in [-0.2, 0) is 0 Å². The summed E-state index contributed by atoms with van der Waals surface area (Å²) in [5, 5.41) is 3.05. The minimum Gasteiger partial charge on any atom is -0.497 e. The molecule has 3 N–H and O–H groups in total. The zero-order valence-electron chi connectivity index (χ0n) is 13.0. The Balaban J connectivity index is 2.16. The highest BCUT2D eigenvalue weighted by molar-refractivity contribution is 5.77. The Morgan fingerprint density at radius 3 is 2.86 bits per heavy atom. The maximum Gasteiger partial charge on any atom is 0.188 e. The van der Waals surface area contributed by atoms with Crippen LogP contribution in [0.15, 0.2) is 29.3 Å². The van der Waals surface area contributed by atoms with Gasteiger partial charge in [-0.05, 0) is 50.6 Å². The second kappa shape index (κ2) is 7.88. The summed E-state index contributed by atoms with van der Waals surface area (Å²) in [5.74, 6) is 1.41. The second-order valence-corrected chi connectivity index (χ2v) is 5.29. The summed E-state index contributed by atoms with van der Waals surface area (Å²) in [6, 6.07) is 8.52. The number of nitrogens with zero attached hydrogens (tertiary/aromatic N) is 2. The van der Waals surface area contributed by atoms with Crippen LogP contribution in [0, 0.1) is 0 Å². The Bertz CT molecular complexity index is 469. The Morgan fingerprint density at radius 1 is 1.43 bits per heavy atom. The number of rotatable bonds is 6. The number of nitrogens with one attached hydrogen (secondary N) is 1. The molecular formula is C16H26N4O. The molecule has 1 aromatic carbocycles. The average Bonchev–Trinajstić information content (AvgIpc) is 3.02. The van der Waals surface area contributed by atoms with E-state index >= 15 is 0 Å². The number of methoxy groups -OCH3 is 1. The first kappa shape index (κ1) is 15.6. The van der Waals surface area contributed by atoms with Gasteiger partial charge in [-0.2, -0.15) is 0 Å². The van der Waals surface area contributed by atoms with Crippen molar-refractivity contribution in [2.24, 2.45) is 10.7 Å². The zero-order valence-corrected chi connectivity index (χ0v) is 13.0. The van der Waals surface area contributed by atoms with Crippen molar-refractivity contribution in [3.8, 4) is 5.75 Å². The standard InChI is InChI=1S/C16H26N4O/c1-3-18-16(17)19-12-15(20-9-4-5-10-20)13-7-6-8-14(11-13)21-2/h6-8,11,15H,3-5,9-10,12H2,1-2H3,(H3,17,18,19). The Morgan fingerprint density at radius 2 is 2.19 bits per heavy atom. The van der Waals surface area contributed by atoms with Crippen LogP contribution >= 0.6 is 0 Å². The molecule has 1 fully saturated rings. The number of likely N-dealkylation sites (tertiary alicyclic amines) is 1. The fraction of sp³-hybridized carbons (Fsp3) is 0.562. The van der Waals surface area contributed by atoms with Crippen LogP contribution < -0.4 is 15.8 Å². The van der Waals surface area contributed by atoms with Crippen molar-refractivity contribution in [2.45, 2.75) is 25.8 Å². The fourth-order valence-electron chi connectivity index (χ4n) is 2.76.